The van der Waals surface area contributed by atoms with Crippen LogP contribution in [0.2, 0.25) is 0 Å². The first kappa shape index (κ1) is 31.4. The van der Waals surface area contributed by atoms with Gasteiger partial charge in [-0.3, -0.25) is 9.88 Å². The SMILES string of the molecule is Cc1nc(Nc2cccc(-c3cccc(-c4nc5cc(CN6CCCC6)cc(C#N)c5o4)c3C)c2C)c2ncc(CNCCO)cc2n1. The van der Waals surface area contributed by atoms with Gasteiger partial charge < -0.3 is 20.2 Å². The van der Waals surface area contributed by atoms with E-state index in [-0.39, 0.29) is 6.61 Å². The molecule has 3 N–H and O–H groups in total. The average molecular weight is 639 g/mol. The first-order valence-electron chi connectivity index (χ1n) is 16.4. The number of aliphatic hydroxyl groups is 1. The predicted octanol–water partition coefficient (Wildman–Crippen LogP) is 6.72. The summed E-state index contributed by atoms with van der Waals surface area (Å²) >= 11 is 0. The van der Waals surface area contributed by atoms with E-state index in [4.69, 9.17) is 24.5 Å². The van der Waals surface area contributed by atoms with Crippen LogP contribution in [0.5, 0.6) is 0 Å². The Morgan fingerprint density at radius 1 is 0.896 bits per heavy atom. The van der Waals surface area contributed by atoms with Crippen molar-refractivity contribution in [3.63, 3.8) is 0 Å². The van der Waals surface area contributed by atoms with Gasteiger partial charge in [-0.2, -0.15) is 5.26 Å². The van der Waals surface area contributed by atoms with E-state index in [1.165, 1.54) is 12.8 Å². The van der Waals surface area contributed by atoms with E-state index >= 15 is 0 Å². The van der Waals surface area contributed by atoms with Crippen LogP contribution in [0, 0.1) is 32.1 Å². The fourth-order valence-electron chi connectivity index (χ4n) is 6.60. The number of nitrogens with one attached hydrogen (secondary N) is 2. The minimum absolute atomic E-state index is 0.0817. The molecule has 10 nitrogen and oxygen atoms in total. The van der Waals surface area contributed by atoms with Crippen LogP contribution in [0.1, 0.15) is 46.5 Å². The Labute approximate surface area is 279 Å². The third kappa shape index (κ3) is 6.23. The highest BCUT2D eigenvalue weighted by Gasteiger charge is 2.20. The van der Waals surface area contributed by atoms with Crippen molar-refractivity contribution in [1.29, 1.82) is 5.26 Å². The van der Waals surface area contributed by atoms with E-state index in [1.807, 2.05) is 49.5 Å². The van der Waals surface area contributed by atoms with Crippen molar-refractivity contribution in [1.82, 2.24) is 30.2 Å². The molecule has 1 saturated heterocycles. The summed E-state index contributed by atoms with van der Waals surface area (Å²) in [7, 11) is 0. The second-order valence-corrected chi connectivity index (χ2v) is 12.4. The molecule has 48 heavy (non-hydrogen) atoms. The number of hydrogen-bond donors (Lipinski definition) is 3. The van der Waals surface area contributed by atoms with Crippen LogP contribution in [-0.2, 0) is 13.1 Å². The molecular weight excluding hydrogens is 600 g/mol. The topological polar surface area (TPSA) is 136 Å². The van der Waals surface area contributed by atoms with Crippen LogP contribution < -0.4 is 10.6 Å². The van der Waals surface area contributed by atoms with Gasteiger partial charge in [-0.1, -0.05) is 24.3 Å². The quantitative estimate of drug-likeness (QED) is 0.139. The van der Waals surface area contributed by atoms with Crippen LogP contribution in [0.4, 0.5) is 11.5 Å². The Hall–Kier alpha value is -5.21. The third-order valence-electron chi connectivity index (χ3n) is 9.04. The fourth-order valence-corrected chi connectivity index (χ4v) is 6.60. The van der Waals surface area contributed by atoms with Gasteiger partial charge in [-0.05, 0) is 110 Å². The van der Waals surface area contributed by atoms with Crippen molar-refractivity contribution in [2.75, 3.05) is 31.6 Å². The number of likely N-dealkylation sites (tertiary alicyclic amines) is 1. The molecule has 4 heterocycles. The van der Waals surface area contributed by atoms with Crippen molar-refractivity contribution in [2.24, 2.45) is 0 Å². The second kappa shape index (κ2) is 13.5. The monoisotopic (exact) mass is 638 g/mol. The smallest absolute Gasteiger partial charge is 0.227 e. The van der Waals surface area contributed by atoms with Crippen molar-refractivity contribution in [2.45, 2.75) is 46.7 Å². The zero-order valence-corrected chi connectivity index (χ0v) is 27.5. The summed E-state index contributed by atoms with van der Waals surface area (Å²) in [6.45, 7) is 10.2. The van der Waals surface area contributed by atoms with Gasteiger partial charge in [0.15, 0.2) is 11.4 Å². The number of nitriles is 1. The Kier molecular flexibility index (Phi) is 8.82. The molecule has 10 heteroatoms. The molecular formula is C38H38N8O2. The maximum Gasteiger partial charge on any atom is 0.227 e. The summed E-state index contributed by atoms with van der Waals surface area (Å²) in [5, 5.41) is 25.8. The number of aliphatic hydroxyl groups excluding tert-OH is 1. The number of fused-ring (bicyclic) bond motifs is 2. The zero-order chi connectivity index (χ0) is 33.2. The number of rotatable bonds is 10. The minimum atomic E-state index is 0.0817. The highest BCUT2D eigenvalue weighted by molar-refractivity contribution is 5.89. The summed E-state index contributed by atoms with van der Waals surface area (Å²) in [4.78, 5) is 21.4. The zero-order valence-electron chi connectivity index (χ0n) is 27.5. The van der Waals surface area contributed by atoms with Crippen LogP contribution in [0.15, 0.2) is 65.2 Å². The number of nitrogens with zero attached hydrogens (tertiary/aromatic N) is 6. The van der Waals surface area contributed by atoms with Crippen molar-refractivity contribution < 1.29 is 9.52 Å². The van der Waals surface area contributed by atoms with E-state index in [9.17, 15) is 5.26 Å². The molecule has 3 aromatic heterocycles. The van der Waals surface area contributed by atoms with E-state index in [0.717, 1.165) is 69.8 Å². The standard InChI is InChI=1S/C38H38N8O2/c1-23-29(8-6-10-31(23)38-45-34-17-26(22-46-13-4-5-14-46)16-28(19-39)36(34)48-38)30-9-7-11-32(24(30)2)44-37-35-33(42-25(3)43-37)18-27(21-41-35)20-40-12-15-47/h6-11,16-18,21,40,47H,4-5,12-15,20,22H2,1-3H3,(H,42,43,44). The Morgan fingerprint density at radius 3 is 2.44 bits per heavy atom. The van der Waals surface area contributed by atoms with Crippen molar-refractivity contribution in [3.8, 4) is 28.7 Å². The molecule has 242 valence electrons. The average Bonchev–Trinajstić information content (AvgIpc) is 3.76. The van der Waals surface area contributed by atoms with Crippen LogP contribution in [0.25, 0.3) is 44.7 Å². The number of anilines is 2. The maximum absolute atomic E-state index is 9.96. The molecule has 0 radical (unpaired) electrons. The van der Waals surface area contributed by atoms with Gasteiger partial charge in [-0.25, -0.2) is 15.0 Å². The lowest BCUT2D eigenvalue weighted by Crippen LogP contribution is -2.18. The molecule has 0 spiro atoms. The van der Waals surface area contributed by atoms with E-state index in [2.05, 4.69) is 58.6 Å². The predicted molar refractivity (Wildman–Crippen MR) is 188 cm³/mol. The molecule has 1 aliphatic heterocycles. The van der Waals surface area contributed by atoms with Gasteiger partial charge in [0.1, 0.15) is 22.9 Å². The Bertz CT molecular complexity index is 2180. The minimum Gasteiger partial charge on any atom is -0.435 e. The fraction of sp³-hybridized carbons (Fsp3) is 0.289. The molecule has 0 saturated carbocycles. The van der Waals surface area contributed by atoms with Crippen LogP contribution >= 0.6 is 0 Å². The summed E-state index contributed by atoms with van der Waals surface area (Å²) in [5.74, 6) is 1.79. The number of aromatic nitrogens is 4. The number of hydrogen-bond acceptors (Lipinski definition) is 10. The normalized spacial score (nSPS) is 13.4. The van der Waals surface area contributed by atoms with E-state index < -0.39 is 0 Å². The van der Waals surface area contributed by atoms with Crippen LogP contribution in [-0.4, -0.2) is 56.2 Å². The first-order valence-corrected chi connectivity index (χ1v) is 16.4. The highest BCUT2D eigenvalue weighted by Crippen LogP contribution is 2.37. The summed E-state index contributed by atoms with van der Waals surface area (Å²) < 4.78 is 6.30. The molecule has 0 amide bonds. The van der Waals surface area contributed by atoms with Gasteiger partial charge in [0.2, 0.25) is 5.89 Å². The number of pyridine rings is 1. The van der Waals surface area contributed by atoms with E-state index in [1.54, 1.807) is 0 Å². The lowest BCUT2D eigenvalue weighted by atomic mass is 9.93. The second-order valence-electron chi connectivity index (χ2n) is 12.4. The Balaban J connectivity index is 1.21. The highest BCUT2D eigenvalue weighted by atomic mass is 16.3. The summed E-state index contributed by atoms with van der Waals surface area (Å²) in [5.41, 5.74) is 11.3. The molecule has 0 aliphatic carbocycles. The summed E-state index contributed by atoms with van der Waals surface area (Å²) in [6.07, 6.45) is 4.25. The molecule has 1 aliphatic rings. The molecule has 7 rings (SSSR count). The number of aryl methyl sites for hydroxylation is 1. The first-order chi connectivity index (χ1) is 23.4. The number of benzene rings is 3. The lowest BCUT2D eigenvalue weighted by molar-refractivity contribution is 0.292. The van der Waals surface area contributed by atoms with Crippen molar-refractivity contribution >= 4 is 33.6 Å². The van der Waals surface area contributed by atoms with E-state index in [0.29, 0.717) is 52.8 Å². The molecule has 0 unspecified atom stereocenters. The molecule has 0 bridgehead atoms. The molecule has 0 atom stereocenters. The van der Waals surface area contributed by atoms with Gasteiger partial charge in [0.05, 0.1) is 17.7 Å². The summed E-state index contributed by atoms with van der Waals surface area (Å²) in [6, 6.07) is 20.7. The maximum atomic E-state index is 9.96. The Morgan fingerprint density at radius 2 is 1.65 bits per heavy atom. The molecule has 6 aromatic rings. The lowest BCUT2D eigenvalue weighted by Gasteiger charge is -2.17. The van der Waals surface area contributed by atoms with Gasteiger partial charge >= 0.3 is 0 Å². The molecule has 3 aromatic carbocycles. The third-order valence-corrected chi connectivity index (χ3v) is 9.04. The van der Waals surface area contributed by atoms with Gasteiger partial charge in [0, 0.05) is 37.1 Å². The van der Waals surface area contributed by atoms with Gasteiger partial charge in [0.25, 0.3) is 0 Å². The van der Waals surface area contributed by atoms with Crippen LogP contribution in [0.3, 0.4) is 0 Å². The largest absolute Gasteiger partial charge is 0.435 e. The van der Waals surface area contributed by atoms with Crippen molar-refractivity contribution in [3.05, 3.63) is 94.4 Å². The van der Waals surface area contributed by atoms with Gasteiger partial charge in [-0.15, -0.1) is 0 Å². The number of oxazole rings is 1. The molecule has 1 fully saturated rings.